The summed E-state index contributed by atoms with van der Waals surface area (Å²) in [5, 5.41) is 5.81. The van der Waals surface area contributed by atoms with Gasteiger partial charge in [-0.3, -0.25) is 4.79 Å². The summed E-state index contributed by atoms with van der Waals surface area (Å²) in [7, 11) is 0. The number of benzene rings is 1. The minimum absolute atomic E-state index is 0.0554. The zero-order valence-electron chi connectivity index (χ0n) is 13.4. The predicted octanol–water partition coefficient (Wildman–Crippen LogP) is 4.48. The van der Waals surface area contributed by atoms with Crippen LogP contribution in [0.1, 0.15) is 24.0 Å². The molecule has 1 aliphatic heterocycles. The van der Waals surface area contributed by atoms with Crippen LogP contribution in [-0.4, -0.2) is 33.4 Å². The number of aromatic nitrogens is 1. The van der Waals surface area contributed by atoms with Gasteiger partial charge in [-0.1, -0.05) is 12.1 Å². The van der Waals surface area contributed by atoms with E-state index in [4.69, 9.17) is 0 Å². The number of thioether (sulfide) groups is 2. The molecule has 1 amide bonds. The molecule has 1 aromatic carbocycles. The molecule has 1 unspecified atom stereocenters. The Kier molecular flexibility index (Phi) is 5.15. The van der Waals surface area contributed by atoms with Crippen LogP contribution in [-0.2, 0) is 17.6 Å². The Balaban J connectivity index is 1.47. The summed E-state index contributed by atoms with van der Waals surface area (Å²) >= 11 is 5.13. The number of rotatable bonds is 3. The van der Waals surface area contributed by atoms with Crippen molar-refractivity contribution in [2.45, 2.75) is 30.9 Å². The third-order valence-electron chi connectivity index (χ3n) is 4.49. The summed E-state index contributed by atoms with van der Waals surface area (Å²) in [6, 6.07) is 6.69. The van der Waals surface area contributed by atoms with Gasteiger partial charge in [0.15, 0.2) is 5.13 Å². The fourth-order valence-corrected chi connectivity index (χ4v) is 6.46. The van der Waals surface area contributed by atoms with E-state index < -0.39 is 0 Å². The monoisotopic (exact) mass is 376 g/mol. The molecule has 1 atom stereocenters. The summed E-state index contributed by atoms with van der Waals surface area (Å²) in [6.45, 7) is 0. The molecule has 1 N–H and O–H groups in total. The van der Waals surface area contributed by atoms with E-state index in [1.54, 1.807) is 11.8 Å². The maximum absolute atomic E-state index is 12.3. The highest BCUT2D eigenvalue weighted by Gasteiger charge is 2.23. The lowest BCUT2D eigenvalue weighted by atomic mass is 9.90. The quantitative estimate of drug-likeness (QED) is 0.858. The van der Waals surface area contributed by atoms with Gasteiger partial charge in [0, 0.05) is 28.2 Å². The molecule has 2 heterocycles. The van der Waals surface area contributed by atoms with Crippen LogP contribution in [0.5, 0.6) is 0 Å². The van der Waals surface area contributed by atoms with Crippen molar-refractivity contribution >= 4 is 45.9 Å². The van der Waals surface area contributed by atoms with Crippen molar-refractivity contribution in [3.8, 4) is 11.3 Å². The van der Waals surface area contributed by atoms with Crippen molar-refractivity contribution in [3.05, 3.63) is 34.7 Å². The number of amides is 1. The Bertz CT molecular complexity index is 738. The number of nitrogens with one attached hydrogen (secondary N) is 1. The van der Waals surface area contributed by atoms with Crippen molar-refractivity contribution < 1.29 is 4.79 Å². The van der Waals surface area contributed by atoms with Gasteiger partial charge in [0.05, 0.1) is 10.9 Å². The first-order valence-corrected chi connectivity index (χ1v) is 11.5. The van der Waals surface area contributed by atoms with Crippen molar-refractivity contribution in [1.29, 1.82) is 0 Å². The minimum atomic E-state index is 0.0554. The van der Waals surface area contributed by atoms with E-state index >= 15 is 0 Å². The third-order valence-corrected chi connectivity index (χ3v) is 8.00. The minimum Gasteiger partial charge on any atom is -0.301 e. The van der Waals surface area contributed by atoms with Gasteiger partial charge < -0.3 is 5.32 Å². The Labute approximate surface area is 155 Å². The first-order chi connectivity index (χ1) is 11.8. The maximum atomic E-state index is 12.3. The highest BCUT2D eigenvalue weighted by atomic mass is 32.2. The Morgan fingerprint density at radius 3 is 2.88 bits per heavy atom. The molecule has 126 valence electrons. The second-order valence-electron chi connectivity index (χ2n) is 6.15. The van der Waals surface area contributed by atoms with Crippen molar-refractivity contribution in [2.75, 3.05) is 22.6 Å². The number of carbonyl (C=O) groups is 1. The highest BCUT2D eigenvalue weighted by molar-refractivity contribution is 8.07. The van der Waals surface area contributed by atoms with E-state index in [1.165, 1.54) is 48.1 Å². The molecule has 0 bridgehead atoms. The number of thiazole rings is 1. The molecule has 0 saturated carbocycles. The van der Waals surface area contributed by atoms with Crippen molar-refractivity contribution in [2.24, 2.45) is 0 Å². The molecule has 0 radical (unpaired) electrons. The molecular weight excluding hydrogens is 356 g/mol. The van der Waals surface area contributed by atoms with Gasteiger partial charge in [-0.2, -0.15) is 11.8 Å². The molecule has 3 nitrogen and oxygen atoms in total. The van der Waals surface area contributed by atoms with Crippen LogP contribution in [0.3, 0.4) is 0 Å². The number of aryl methyl sites for hydroxylation is 2. The van der Waals surface area contributed by atoms with Gasteiger partial charge in [0.2, 0.25) is 5.91 Å². The van der Waals surface area contributed by atoms with Gasteiger partial charge in [-0.15, -0.1) is 23.1 Å². The standard InChI is InChI=1S/C18H20N2OS3/c21-17(16-11-22-7-8-23-16)20-18-19-15(10-24-18)14-6-5-12-3-1-2-4-13(12)9-14/h5-6,9-10,16H,1-4,7-8,11H2,(H,19,20,21). The maximum Gasteiger partial charge on any atom is 0.240 e. The van der Waals surface area contributed by atoms with Crippen LogP contribution >= 0.6 is 34.9 Å². The molecule has 1 saturated heterocycles. The van der Waals surface area contributed by atoms with Gasteiger partial charge in [-0.25, -0.2) is 4.98 Å². The normalized spacial score (nSPS) is 20.4. The predicted molar refractivity (Wildman–Crippen MR) is 106 cm³/mol. The van der Waals surface area contributed by atoms with Gasteiger partial charge in [0.1, 0.15) is 0 Å². The first kappa shape index (κ1) is 16.5. The van der Waals surface area contributed by atoms with Gasteiger partial charge in [-0.05, 0) is 42.9 Å². The van der Waals surface area contributed by atoms with Crippen molar-refractivity contribution in [1.82, 2.24) is 4.98 Å². The number of nitrogens with zero attached hydrogens (tertiary/aromatic N) is 1. The molecule has 4 rings (SSSR count). The number of anilines is 1. The van der Waals surface area contributed by atoms with Crippen LogP contribution < -0.4 is 5.32 Å². The average molecular weight is 377 g/mol. The number of hydrogen-bond acceptors (Lipinski definition) is 5. The van der Waals surface area contributed by atoms with E-state index in [0.29, 0.717) is 5.13 Å². The number of hydrogen-bond donors (Lipinski definition) is 1. The number of carbonyl (C=O) groups excluding carboxylic acids is 1. The molecule has 2 aromatic rings. The average Bonchev–Trinajstić information content (AvgIpc) is 3.10. The zero-order chi connectivity index (χ0) is 16.4. The largest absolute Gasteiger partial charge is 0.301 e. The smallest absolute Gasteiger partial charge is 0.240 e. The summed E-state index contributed by atoms with van der Waals surface area (Å²) < 4.78 is 0. The summed E-state index contributed by atoms with van der Waals surface area (Å²) in [6.07, 6.45) is 4.96. The van der Waals surface area contributed by atoms with Crippen LogP contribution in [0, 0.1) is 0 Å². The topological polar surface area (TPSA) is 42.0 Å². The van der Waals surface area contributed by atoms with Crippen LogP contribution in [0.2, 0.25) is 0 Å². The van der Waals surface area contributed by atoms with Gasteiger partial charge >= 0.3 is 0 Å². The second kappa shape index (κ2) is 7.50. The van der Waals surface area contributed by atoms with Crippen molar-refractivity contribution in [3.63, 3.8) is 0 Å². The number of fused-ring (bicyclic) bond motifs is 1. The lowest BCUT2D eigenvalue weighted by Crippen LogP contribution is -2.30. The first-order valence-electron chi connectivity index (χ1n) is 8.37. The lowest BCUT2D eigenvalue weighted by Gasteiger charge is -2.19. The lowest BCUT2D eigenvalue weighted by molar-refractivity contribution is -0.115. The molecule has 0 spiro atoms. The fraction of sp³-hybridized carbons (Fsp3) is 0.444. The van der Waals surface area contributed by atoms with E-state index in [-0.39, 0.29) is 11.2 Å². The van der Waals surface area contributed by atoms with Gasteiger partial charge in [0.25, 0.3) is 0 Å². The molecule has 6 heteroatoms. The molecular formula is C18H20N2OS3. The van der Waals surface area contributed by atoms with E-state index in [2.05, 4.69) is 28.5 Å². The SMILES string of the molecule is O=C(Nc1nc(-c2ccc3c(c2)CCCC3)cs1)C1CSCCS1. The summed E-state index contributed by atoms with van der Waals surface area (Å²) in [5.74, 6) is 3.20. The second-order valence-corrected chi connectivity index (χ2v) is 9.47. The Hall–Kier alpha value is -0.980. The van der Waals surface area contributed by atoms with E-state index in [0.717, 1.165) is 28.5 Å². The molecule has 2 aliphatic rings. The summed E-state index contributed by atoms with van der Waals surface area (Å²) in [4.78, 5) is 17.0. The van der Waals surface area contributed by atoms with Crippen LogP contribution in [0.25, 0.3) is 11.3 Å². The Morgan fingerprint density at radius 2 is 2.04 bits per heavy atom. The third kappa shape index (κ3) is 3.65. The van der Waals surface area contributed by atoms with Crippen LogP contribution in [0.15, 0.2) is 23.6 Å². The highest BCUT2D eigenvalue weighted by Crippen LogP contribution is 2.30. The Morgan fingerprint density at radius 1 is 1.17 bits per heavy atom. The molecule has 1 aromatic heterocycles. The summed E-state index contributed by atoms with van der Waals surface area (Å²) in [5.41, 5.74) is 5.08. The van der Waals surface area contributed by atoms with E-state index in [9.17, 15) is 4.79 Å². The molecule has 1 aliphatic carbocycles. The van der Waals surface area contributed by atoms with E-state index in [1.807, 2.05) is 17.1 Å². The zero-order valence-corrected chi connectivity index (χ0v) is 15.9. The fourth-order valence-electron chi connectivity index (χ4n) is 3.18. The molecule has 24 heavy (non-hydrogen) atoms. The molecule has 1 fully saturated rings. The van der Waals surface area contributed by atoms with Crippen LogP contribution in [0.4, 0.5) is 5.13 Å².